The molecule has 9 heteroatoms. The van der Waals surface area contributed by atoms with Crippen LogP contribution < -0.4 is 5.32 Å². The number of furan rings is 1. The number of ether oxygens (including phenoxy) is 1. The Kier molecular flexibility index (Phi) is 5.69. The molecule has 0 bridgehead atoms. The number of carbonyl (C=O) groups excluding carboxylic acids is 3. The molecule has 1 aliphatic rings. The van der Waals surface area contributed by atoms with Crippen molar-refractivity contribution in [3.63, 3.8) is 0 Å². The minimum Gasteiger partial charge on any atom is -0.465 e. The first kappa shape index (κ1) is 18.2. The van der Waals surface area contributed by atoms with Crippen molar-refractivity contribution in [1.29, 1.82) is 0 Å². The summed E-state index contributed by atoms with van der Waals surface area (Å²) in [5, 5.41) is 4.47. The standard InChI is InChI=1S/C17H19N3O5S/c1-24-17(23)15-12(4-10-26-15)18-14(21)11-19-5-7-20(8-6-19)16(22)13-3-2-9-25-13/h2-4,9-10H,5-8,11H2,1H3,(H,18,21). The molecule has 0 saturated carbocycles. The number of piperazine rings is 1. The van der Waals surface area contributed by atoms with Crippen LogP contribution in [0.25, 0.3) is 0 Å². The number of esters is 1. The molecule has 1 fully saturated rings. The van der Waals surface area contributed by atoms with E-state index in [0.29, 0.717) is 42.5 Å². The molecular weight excluding hydrogens is 358 g/mol. The molecular formula is C17H19N3O5S. The molecule has 1 saturated heterocycles. The fourth-order valence-electron chi connectivity index (χ4n) is 2.72. The zero-order valence-corrected chi connectivity index (χ0v) is 15.1. The summed E-state index contributed by atoms with van der Waals surface area (Å²) in [6.07, 6.45) is 1.47. The van der Waals surface area contributed by atoms with Crippen LogP contribution >= 0.6 is 11.3 Å². The summed E-state index contributed by atoms with van der Waals surface area (Å²) in [5.41, 5.74) is 0.457. The highest BCUT2D eigenvalue weighted by molar-refractivity contribution is 7.12. The molecule has 138 valence electrons. The van der Waals surface area contributed by atoms with Crippen LogP contribution in [0.1, 0.15) is 20.2 Å². The van der Waals surface area contributed by atoms with Crippen LogP contribution in [0.3, 0.4) is 0 Å². The molecule has 8 nitrogen and oxygen atoms in total. The number of nitrogens with zero attached hydrogens (tertiary/aromatic N) is 2. The Morgan fingerprint density at radius 2 is 2.00 bits per heavy atom. The maximum atomic E-state index is 12.2. The first-order chi connectivity index (χ1) is 12.6. The van der Waals surface area contributed by atoms with Gasteiger partial charge in [-0.1, -0.05) is 0 Å². The van der Waals surface area contributed by atoms with E-state index in [1.54, 1.807) is 28.5 Å². The van der Waals surface area contributed by atoms with Crippen molar-refractivity contribution in [2.75, 3.05) is 45.2 Å². The van der Waals surface area contributed by atoms with E-state index in [1.165, 1.54) is 24.7 Å². The van der Waals surface area contributed by atoms with Crippen LogP contribution in [0.15, 0.2) is 34.3 Å². The number of carbonyl (C=O) groups is 3. The summed E-state index contributed by atoms with van der Waals surface area (Å²) in [7, 11) is 1.30. The predicted octanol–water partition coefficient (Wildman–Crippen LogP) is 1.52. The molecule has 1 N–H and O–H groups in total. The van der Waals surface area contributed by atoms with Gasteiger partial charge in [0, 0.05) is 26.2 Å². The van der Waals surface area contributed by atoms with E-state index in [2.05, 4.69) is 5.32 Å². The number of anilines is 1. The van der Waals surface area contributed by atoms with Gasteiger partial charge >= 0.3 is 5.97 Å². The van der Waals surface area contributed by atoms with Gasteiger partial charge in [-0.2, -0.15) is 0 Å². The number of hydrogen-bond donors (Lipinski definition) is 1. The van der Waals surface area contributed by atoms with Crippen LogP contribution in [-0.4, -0.2) is 67.4 Å². The van der Waals surface area contributed by atoms with Crippen LogP contribution in [0.2, 0.25) is 0 Å². The molecule has 2 aromatic heterocycles. The summed E-state index contributed by atoms with van der Waals surface area (Å²) in [4.78, 5) is 40.2. The van der Waals surface area contributed by atoms with Crippen molar-refractivity contribution in [2.24, 2.45) is 0 Å². The maximum absolute atomic E-state index is 12.2. The fraction of sp³-hybridized carbons (Fsp3) is 0.353. The van der Waals surface area contributed by atoms with E-state index in [0.717, 1.165) is 0 Å². The van der Waals surface area contributed by atoms with E-state index < -0.39 is 5.97 Å². The molecule has 0 atom stereocenters. The van der Waals surface area contributed by atoms with Gasteiger partial charge in [0.05, 0.1) is 25.6 Å². The third-order valence-electron chi connectivity index (χ3n) is 4.07. The third-order valence-corrected chi connectivity index (χ3v) is 4.96. The van der Waals surface area contributed by atoms with Gasteiger partial charge < -0.3 is 19.4 Å². The van der Waals surface area contributed by atoms with E-state index >= 15 is 0 Å². The second-order valence-corrected chi connectivity index (χ2v) is 6.66. The van der Waals surface area contributed by atoms with Crippen molar-refractivity contribution < 1.29 is 23.5 Å². The molecule has 26 heavy (non-hydrogen) atoms. The van der Waals surface area contributed by atoms with Gasteiger partial charge in [-0.25, -0.2) is 4.79 Å². The maximum Gasteiger partial charge on any atom is 0.350 e. The van der Waals surface area contributed by atoms with E-state index in [1.807, 2.05) is 4.90 Å². The second kappa shape index (κ2) is 8.15. The molecule has 3 rings (SSSR count). The Bertz CT molecular complexity index is 778. The summed E-state index contributed by atoms with van der Waals surface area (Å²) in [5.74, 6) is -0.496. The van der Waals surface area contributed by atoms with Gasteiger partial charge in [0.2, 0.25) is 5.91 Å². The van der Waals surface area contributed by atoms with Crippen molar-refractivity contribution in [2.45, 2.75) is 0 Å². The minimum atomic E-state index is -0.472. The number of methoxy groups -OCH3 is 1. The van der Waals surface area contributed by atoms with Gasteiger partial charge in [0.25, 0.3) is 5.91 Å². The normalized spacial score (nSPS) is 14.9. The van der Waals surface area contributed by atoms with Crippen LogP contribution in [0.4, 0.5) is 5.69 Å². The minimum absolute atomic E-state index is 0.139. The quantitative estimate of drug-likeness (QED) is 0.795. The molecule has 2 aromatic rings. The van der Waals surface area contributed by atoms with Gasteiger partial charge in [-0.3, -0.25) is 14.5 Å². The highest BCUT2D eigenvalue weighted by Gasteiger charge is 2.25. The number of nitrogens with one attached hydrogen (secondary N) is 1. The third kappa shape index (κ3) is 4.12. The Morgan fingerprint density at radius 3 is 2.65 bits per heavy atom. The monoisotopic (exact) mass is 377 g/mol. The highest BCUT2D eigenvalue weighted by Crippen LogP contribution is 2.23. The Labute approximate surface area is 154 Å². The first-order valence-electron chi connectivity index (χ1n) is 8.09. The molecule has 1 aliphatic heterocycles. The SMILES string of the molecule is COC(=O)c1sccc1NC(=O)CN1CCN(C(=O)c2ccco2)CC1. The lowest BCUT2D eigenvalue weighted by Crippen LogP contribution is -2.50. The lowest BCUT2D eigenvalue weighted by Gasteiger charge is -2.33. The lowest BCUT2D eigenvalue weighted by atomic mass is 10.2. The smallest absolute Gasteiger partial charge is 0.350 e. The number of rotatable bonds is 5. The number of amides is 2. The highest BCUT2D eigenvalue weighted by atomic mass is 32.1. The van der Waals surface area contributed by atoms with Crippen LogP contribution in [0, 0.1) is 0 Å². The van der Waals surface area contributed by atoms with Crippen LogP contribution in [0.5, 0.6) is 0 Å². The summed E-state index contributed by atoms with van der Waals surface area (Å²) in [6.45, 7) is 2.43. The van der Waals surface area contributed by atoms with E-state index in [4.69, 9.17) is 9.15 Å². The van der Waals surface area contributed by atoms with Gasteiger partial charge in [-0.05, 0) is 23.6 Å². The first-order valence-corrected chi connectivity index (χ1v) is 8.97. The lowest BCUT2D eigenvalue weighted by molar-refractivity contribution is -0.117. The average Bonchev–Trinajstić information content (AvgIpc) is 3.33. The van der Waals surface area contributed by atoms with E-state index in [9.17, 15) is 14.4 Å². The summed E-state index contributed by atoms with van der Waals surface area (Å²) >= 11 is 1.22. The molecule has 2 amide bonds. The Morgan fingerprint density at radius 1 is 1.23 bits per heavy atom. The van der Waals surface area contributed by atoms with Crippen molar-refractivity contribution in [3.05, 3.63) is 40.5 Å². The topological polar surface area (TPSA) is 92.1 Å². The second-order valence-electron chi connectivity index (χ2n) is 5.75. The van der Waals surface area contributed by atoms with Gasteiger partial charge in [0.1, 0.15) is 4.88 Å². The van der Waals surface area contributed by atoms with Crippen LogP contribution in [-0.2, 0) is 9.53 Å². The van der Waals surface area contributed by atoms with E-state index in [-0.39, 0.29) is 18.4 Å². The zero-order chi connectivity index (χ0) is 18.5. The predicted molar refractivity (Wildman–Crippen MR) is 95.3 cm³/mol. The van der Waals surface area contributed by atoms with Crippen molar-refractivity contribution in [1.82, 2.24) is 9.80 Å². The molecule has 0 spiro atoms. The molecule has 3 heterocycles. The summed E-state index contributed by atoms with van der Waals surface area (Å²) < 4.78 is 9.83. The van der Waals surface area contributed by atoms with Gasteiger partial charge in [0.15, 0.2) is 5.76 Å². The molecule has 0 aliphatic carbocycles. The molecule has 0 aromatic carbocycles. The fourth-order valence-corrected chi connectivity index (χ4v) is 3.48. The zero-order valence-electron chi connectivity index (χ0n) is 14.3. The largest absolute Gasteiger partial charge is 0.465 e. The van der Waals surface area contributed by atoms with Crippen molar-refractivity contribution in [3.8, 4) is 0 Å². The molecule has 0 unspecified atom stereocenters. The molecule has 0 radical (unpaired) electrons. The Hall–Kier alpha value is -2.65. The average molecular weight is 377 g/mol. The summed E-state index contributed by atoms with van der Waals surface area (Å²) in [6, 6.07) is 5.00. The number of thiophene rings is 1. The van der Waals surface area contributed by atoms with Crippen molar-refractivity contribution >= 4 is 34.8 Å². The van der Waals surface area contributed by atoms with Gasteiger partial charge in [-0.15, -0.1) is 11.3 Å². The Balaban J connectivity index is 1.49. The number of hydrogen-bond acceptors (Lipinski definition) is 7.